The van der Waals surface area contributed by atoms with Crippen molar-refractivity contribution in [2.75, 3.05) is 0 Å². The summed E-state index contributed by atoms with van der Waals surface area (Å²) in [6, 6.07) is 10.8. The number of hydrogen-bond donors (Lipinski definition) is 0. The highest BCUT2D eigenvalue weighted by atomic mass is 79.9. The van der Waals surface area contributed by atoms with E-state index >= 15 is 0 Å². The van der Waals surface area contributed by atoms with Crippen LogP contribution < -0.4 is 0 Å². The summed E-state index contributed by atoms with van der Waals surface area (Å²) in [5.41, 5.74) is 1.00. The molecule has 0 aliphatic rings. The highest BCUT2D eigenvalue weighted by molar-refractivity contribution is 9.11. The van der Waals surface area contributed by atoms with E-state index in [1.54, 1.807) is 12.1 Å². The van der Waals surface area contributed by atoms with Gasteiger partial charge in [-0.1, -0.05) is 63.7 Å². The lowest BCUT2D eigenvalue weighted by Gasteiger charge is -1.94. The Morgan fingerprint density at radius 2 is 0.850 bits per heavy atom. The molecule has 0 aliphatic carbocycles. The van der Waals surface area contributed by atoms with Gasteiger partial charge in [0.05, 0.1) is 0 Å². The Morgan fingerprint density at radius 1 is 0.550 bits per heavy atom. The van der Waals surface area contributed by atoms with Gasteiger partial charge in [0.2, 0.25) is 0 Å². The van der Waals surface area contributed by atoms with Gasteiger partial charge < -0.3 is 0 Å². The predicted octanol–water partition coefficient (Wildman–Crippen LogP) is 6.05. The summed E-state index contributed by atoms with van der Waals surface area (Å²) in [6.45, 7) is 0. The van der Waals surface area contributed by atoms with E-state index in [-0.39, 0.29) is 0 Å². The van der Waals surface area contributed by atoms with Crippen LogP contribution >= 0.6 is 63.7 Å². The van der Waals surface area contributed by atoms with Crippen molar-refractivity contribution in [3.05, 3.63) is 65.4 Å². The average molecular weight is 528 g/mol. The Bertz CT molecular complexity index is 550. The Hall–Kier alpha value is -0.300. The molecule has 0 saturated carbocycles. The minimum Gasteiger partial charge on any atom is -0.298 e. The van der Waals surface area contributed by atoms with Crippen LogP contribution in [0.2, 0.25) is 0 Å². The van der Waals surface area contributed by atoms with Crippen LogP contribution in [0.1, 0.15) is 20.7 Å². The first kappa shape index (κ1) is 17.8. The third-order valence-corrected chi connectivity index (χ3v) is 3.87. The predicted molar refractivity (Wildman–Crippen MR) is 94.5 cm³/mol. The van der Waals surface area contributed by atoms with Crippen molar-refractivity contribution in [2.45, 2.75) is 0 Å². The van der Waals surface area contributed by atoms with E-state index in [4.69, 9.17) is 0 Å². The van der Waals surface area contributed by atoms with Crippen LogP contribution in [-0.4, -0.2) is 12.6 Å². The molecule has 0 atom stereocenters. The molecule has 6 heteroatoms. The van der Waals surface area contributed by atoms with Crippen molar-refractivity contribution < 1.29 is 9.59 Å². The maximum absolute atomic E-state index is 10.3. The van der Waals surface area contributed by atoms with Gasteiger partial charge in [0, 0.05) is 29.0 Å². The van der Waals surface area contributed by atoms with E-state index < -0.39 is 0 Å². The van der Waals surface area contributed by atoms with Crippen LogP contribution in [0, 0.1) is 0 Å². The second-order valence-corrected chi connectivity index (χ2v) is 7.30. The third kappa shape index (κ3) is 6.43. The number of aldehydes is 2. The molecule has 0 aliphatic heterocycles. The molecule has 0 N–H and O–H groups in total. The van der Waals surface area contributed by atoms with Crippen LogP contribution in [0.3, 0.4) is 0 Å². The molecule has 2 aromatic rings. The van der Waals surface area contributed by atoms with Gasteiger partial charge >= 0.3 is 0 Å². The largest absolute Gasteiger partial charge is 0.298 e. The van der Waals surface area contributed by atoms with Crippen LogP contribution in [0.5, 0.6) is 0 Å². The second kappa shape index (κ2) is 8.87. The first-order valence-corrected chi connectivity index (χ1v) is 8.44. The molecule has 0 fully saturated rings. The minimum absolute atomic E-state index is 0.501. The summed E-state index contributed by atoms with van der Waals surface area (Å²) < 4.78 is 3.96. The number of halogens is 4. The molecule has 2 aromatic carbocycles. The molecule has 20 heavy (non-hydrogen) atoms. The molecular weight excluding hydrogens is 520 g/mol. The molecule has 0 saturated heterocycles. The van der Waals surface area contributed by atoms with E-state index in [1.807, 2.05) is 18.2 Å². The summed E-state index contributed by atoms with van der Waals surface area (Å²) >= 11 is 13.2. The van der Waals surface area contributed by atoms with Crippen molar-refractivity contribution in [3.63, 3.8) is 0 Å². The van der Waals surface area contributed by atoms with E-state index in [1.165, 1.54) is 6.07 Å². The summed E-state index contributed by atoms with van der Waals surface area (Å²) in [5.74, 6) is 0. The first-order valence-electron chi connectivity index (χ1n) is 5.27. The SMILES string of the molecule is Brc1cc(Br)cc(Br)c1.O=Cc1cc(Br)cc(C=O)c1. The molecule has 0 heterocycles. The molecular formula is C14H8Br4O2. The molecule has 0 unspecified atom stereocenters. The van der Waals surface area contributed by atoms with Gasteiger partial charge in [0.15, 0.2) is 0 Å². The molecule has 2 nitrogen and oxygen atoms in total. The number of carbonyl (C=O) groups excluding carboxylic acids is 2. The standard InChI is InChI=1S/C8H5BrO2.C6H3Br3/c9-8-2-6(4-10)1-7(3-8)5-11;7-4-1-5(8)3-6(9)2-4/h1-5H;1-3H. The lowest BCUT2D eigenvalue weighted by Crippen LogP contribution is -1.84. The van der Waals surface area contributed by atoms with Crippen molar-refractivity contribution >= 4 is 76.3 Å². The topological polar surface area (TPSA) is 34.1 Å². The number of benzene rings is 2. The van der Waals surface area contributed by atoms with E-state index in [9.17, 15) is 9.59 Å². The number of carbonyl (C=O) groups is 2. The Labute approximate surface area is 150 Å². The smallest absolute Gasteiger partial charge is 0.150 e. The zero-order valence-corrected chi connectivity index (χ0v) is 16.3. The number of rotatable bonds is 2. The van der Waals surface area contributed by atoms with Crippen LogP contribution in [-0.2, 0) is 0 Å². The van der Waals surface area contributed by atoms with Gasteiger partial charge in [0.25, 0.3) is 0 Å². The normalized spacial score (nSPS) is 9.40. The van der Waals surface area contributed by atoms with Crippen molar-refractivity contribution in [1.29, 1.82) is 0 Å². The Morgan fingerprint density at radius 3 is 1.15 bits per heavy atom. The van der Waals surface area contributed by atoms with Crippen molar-refractivity contribution in [3.8, 4) is 0 Å². The molecule has 0 spiro atoms. The summed E-state index contributed by atoms with van der Waals surface area (Å²) in [6.07, 6.45) is 1.41. The fraction of sp³-hybridized carbons (Fsp3) is 0. The van der Waals surface area contributed by atoms with Crippen LogP contribution in [0.4, 0.5) is 0 Å². The highest BCUT2D eigenvalue weighted by Gasteiger charge is 1.96. The van der Waals surface area contributed by atoms with Crippen LogP contribution in [0.25, 0.3) is 0 Å². The van der Waals surface area contributed by atoms with E-state index in [0.717, 1.165) is 17.9 Å². The van der Waals surface area contributed by atoms with E-state index in [2.05, 4.69) is 63.7 Å². The van der Waals surface area contributed by atoms with Crippen LogP contribution in [0.15, 0.2) is 54.3 Å². The monoisotopic (exact) mass is 524 g/mol. The summed E-state index contributed by atoms with van der Waals surface area (Å²) in [5, 5.41) is 0. The molecule has 104 valence electrons. The minimum atomic E-state index is 0.501. The highest BCUT2D eigenvalue weighted by Crippen LogP contribution is 2.23. The molecule has 0 radical (unpaired) electrons. The molecule has 0 amide bonds. The fourth-order valence-corrected chi connectivity index (χ4v) is 4.22. The van der Waals surface area contributed by atoms with E-state index in [0.29, 0.717) is 23.7 Å². The maximum atomic E-state index is 10.3. The fourth-order valence-electron chi connectivity index (χ4n) is 1.29. The third-order valence-electron chi connectivity index (χ3n) is 2.04. The van der Waals surface area contributed by atoms with Gasteiger partial charge in [-0.3, -0.25) is 9.59 Å². The maximum Gasteiger partial charge on any atom is 0.150 e. The zero-order valence-electron chi connectivity index (χ0n) is 9.95. The summed E-state index contributed by atoms with van der Waals surface area (Å²) in [7, 11) is 0. The lowest BCUT2D eigenvalue weighted by molar-refractivity contribution is 0.112. The average Bonchev–Trinajstić information content (AvgIpc) is 2.37. The quantitative estimate of drug-likeness (QED) is 0.446. The number of hydrogen-bond acceptors (Lipinski definition) is 2. The molecule has 0 aromatic heterocycles. The Kier molecular flexibility index (Phi) is 7.87. The lowest BCUT2D eigenvalue weighted by atomic mass is 10.1. The van der Waals surface area contributed by atoms with Crippen molar-refractivity contribution in [1.82, 2.24) is 0 Å². The second-order valence-electron chi connectivity index (χ2n) is 3.64. The Balaban J connectivity index is 0.000000204. The summed E-state index contributed by atoms with van der Waals surface area (Å²) in [4.78, 5) is 20.6. The zero-order chi connectivity index (χ0) is 15.1. The molecule has 0 bridgehead atoms. The van der Waals surface area contributed by atoms with Gasteiger partial charge in [0.1, 0.15) is 12.6 Å². The van der Waals surface area contributed by atoms with Gasteiger partial charge in [-0.2, -0.15) is 0 Å². The van der Waals surface area contributed by atoms with Gasteiger partial charge in [-0.05, 0) is 36.4 Å². The first-order chi connectivity index (χ1) is 9.44. The van der Waals surface area contributed by atoms with Crippen molar-refractivity contribution in [2.24, 2.45) is 0 Å². The molecule has 2 rings (SSSR count). The van der Waals surface area contributed by atoms with Gasteiger partial charge in [-0.25, -0.2) is 0 Å². The van der Waals surface area contributed by atoms with Gasteiger partial charge in [-0.15, -0.1) is 0 Å².